The Bertz CT molecular complexity index is 64.6. The molecule has 0 atom stereocenters. The summed E-state index contributed by atoms with van der Waals surface area (Å²) >= 11 is 0. The van der Waals surface area contributed by atoms with Crippen molar-refractivity contribution in [1.29, 1.82) is 0 Å². The van der Waals surface area contributed by atoms with Gasteiger partial charge in [-0.3, -0.25) is 0 Å². The van der Waals surface area contributed by atoms with Gasteiger partial charge in [0.05, 0.1) is 0 Å². The van der Waals surface area contributed by atoms with E-state index in [0.717, 1.165) is 19.6 Å². The van der Waals surface area contributed by atoms with Gasteiger partial charge in [-0.1, -0.05) is 6.92 Å². The molecule has 0 unspecified atom stereocenters. The van der Waals surface area contributed by atoms with Crippen LogP contribution in [0.5, 0.6) is 0 Å². The number of rotatable bonds is 2. The second-order valence-corrected chi connectivity index (χ2v) is 2.46. The van der Waals surface area contributed by atoms with E-state index in [1.165, 1.54) is 13.1 Å². The summed E-state index contributed by atoms with van der Waals surface area (Å²) in [5, 5.41) is 3.32. The van der Waals surface area contributed by atoms with Crippen LogP contribution in [0.25, 0.3) is 0 Å². The van der Waals surface area contributed by atoms with Crippen molar-refractivity contribution in [1.82, 2.24) is 10.2 Å². The van der Waals surface area contributed by atoms with Crippen LogP contribution in [0, 0.1) is 6.42 Å². The summed E-state index contributed by atoms with van der Waals surface area (Å²) in [5.41, 5.74) is 0. The highest BCUT2D eigenvalue weighted by Gasteiger charge is 2.06. The molecule has 0 aromatic rings. The Morgan fingerprint density at radius 1 is 1.44 bits per heavy atom. The standard InChI is InChI=1S/C7H15N2/c1-2-5-9-6-3-8-4-7-9/h2,8H,3-7H2,1H3. The molecular weight excluding hydrogens is 112 g/mol. The molecule has 1 aliphatic heterocycles. The predicted molar refractivity (Wildman–Crippen MR) is 39.3 cm³/mol. The fourth-order valence-corrected chi connectivity index (χ4v) is 1.15. The van der Waals surface area contributed by atoms with E-state index in [0.29, 0.717) is 0 Å². The van der Waals surface area contributed by atoms with Gasteiger partial charge in [-0.15, -0.1) is 0 Å². The molecular formula is C7H15N2. The first-order chi connectivity index (χ1) is 4.43. The highest BCUT2D eigenvalue weighted by Crippen LogP contribution is 1.91. The SMILES string of the molecule is C[CH]CN1CCNCC1. The summed E-state index contributed by atoms with van der Waals surface area (Å²) in [6, 6.07) is 0. The Kier molecular flexibility index (Phi) is 3.01. The molecule has 1 saturated heterocycles. The molecule has 0 spiro atoms. The van der Waals surface area contributed by atoms with Gasteiger partial charge in [-0.25, -0.2) is 0 Å². The van der Waals surface area contributed by atoms with Crippen molar-refractivity contribution in [2.75, 3.05) is 32.7 Å². The molecule has 0 aliphatic carbocycles. The van der Waals surface area contributed by atoms with E-state index in [9.17, 15) is 0 Å². The van der Waals surface area contributed by atoms with Crippen molar-refractivity contribution in [3.05, 3.63) is 6.42 Å². The molecule has 1 fully saturated rings. The van der Waals surface area contributed by atoms with Gasteiger partial charge in [0.1, 0.15) is 0 Å². The number of hydrogen-bond acceptors (Lipinski definition) is 2. The lowest BCUT2D eigenvalue weighted by atomic mass is 10.3. The molecule has 1 radical (unpaired) electrons. The van der Waals surface area contributed by atoms with Gasteiger partial charge in [0, 0.05) is 32.7 Å². The van der Waals surface area contributed by atoms with Crippen molar-refractivity contribution < 1.29 is 0 Å². The normalized spacial score (nSPS) is 22.3. The van der Waals surface area contributed by atoms with Crippen LogP contribution < -0.4 is 5.32 Å². The molecule has 0 amide bonds. The van der Waals surface area contributed by atoms with Gasteiger partial charge < -0.3 is 10.2 Å². The molecule has 2 heteroatoms. The van der Waals surface area contributed by atoms with E-state index in [2.05, 4.69) is 23.6 Å². The average molecular weight is 127 g/mol. The molecule has 0 saturated carbocycles. The first-order valence-electron chi connectivity index (χ1n) is 3.64. The maximum atomic E-state index is 3.32. The third-order valence-electron chi connectivity index (χ3n) is 1.65. The quantitative estimate of drug-likeness (QED) is 0.566. The summed E-state index contributed by atoms with van der Waals surface area (Å²) in [5.74, 6) is 0. The van der Waals surface area contributed by atoms with Crippen LogP contribution in [0.1, 0.15) is 6.92 Å². The predicted octanol–water partition coefficient (Wildman–Crippen LogP) is 0.116. The molecule has 1 aliphatic rings. The molecule has 0 aromatic carbocycles. The number of hydrogen-bond donors (Lipinski definition) is 1. The maximum absolute atomic E-state index is 3.32. The Morgan fingerprint density at radius 2 is 2.11 bits per heavy atom. The van der Waals surface area contributed by atoms with E-state index < -0.39 is 0 Å². The second-order valence-electron chi connectivity index (χ2n) is 2.46. The van der Waals surface area contributed by atoms with Gasteiger partial charge >= 0.3 is 0 Å². The van der Waals surface area contributed by atoms with E-state index in [1.54, 1.807) is 0 Å². The van der Waals surface area contributed by atoms with E-state index in [-0.39, 0.29) is 0 Å². The summed E-state index contributed by atoms with van der Waals surface area (Å²) in [7, 11) is 0. The van der Waals surface area contributed by atoms with Gasteiger partial charge in [-0.05, 0) is 6.42 Å². The lowest BCUT2D eigenvalue weighted by molar-refractivity contribution is 0.258. The zero-order chi connectivity index (χ0) is 6.53. The fourth-order valence-electron chi connectivity index (χ4n) is 1.15. The first kappa shape index (κ1) is 7.03. The van der Waals surface area contributed by atoms with Crippen LogP contribution >= 0.6 is 0 Å². The van der Waals surface area contributed by atoms with Crippen LogP contribution in [0.2, 0.25) is 0 Å². The molecule has 0 aromatic heterocycles. The van der Waals surface area contributed by atoms with Crippen molar-refractivity contribution in [2.24, 2.45) is 0 Å². The minimum atomic E-state index is 1.15. The first-order valence-corrected chi connectivity index (χ1v) is 3.64. The Balaban J connectivity index is 2.08. The minimum absolute atomic E-state index is 1.15. The third-order valence-corrected chi connectivity index (χ3v) is 1.65. The highest BCUT2D eigenvalue weighted by molar-refractivity contribution is 4.71. The second kappa shape index (κ2) is 3.85. The minimum Gasteiger partial charge on any atom is -0.314 e. The van der Waals surface area contributed by atoms with Gasteiger partial charge in [0.2, 0.25) is 0 Å². The van der Waals surface area contributed by atoms with Crippen molar-refractivity contribution in [3.63, 3.8) is 0 Å². The van der Waals surface area contributed by atoms with Crippen LogP contribution in [0.3, 0.4) is 0 Å². The molecule has 53 valence electrons. The summed E-state index contributed by atoms with van der Waals surface area (Å²) in [6.45, 7) is 8.01. The molecule has 2 nitrogen and oxygen atoms in total. The Labute approximate surface area is 57.2 Å². The van der Waals surface area contributed by atoms with Crippen LogP contribution in [-0.4, -0.2) is 37.6 Å². The van der Waals surface area contributed by atoms with Gasteiger partial charge in [-0.2, -0.15) is 0 Å². The van der Waals surface area contributed by atoms with E-state index in [4.69, 9.17) is 0 Å². The molecule has 1 N–H and O–H groups in total. The summed E-state index contributed by atoms with van der Waals surface area (Å²) in [6.07, 6.45) is 2.21. The van der Waals surface area contributed by atoms with Crippen LogP contribution in [0.15, 0.2) is 0 Å². The van der Waals surface area contributed by atoms with E-state index in [1.807, 2.05) is 0 Å². The maximum Gasteiger partial charge on any atom is 0.0107 e. The molecule has 9 heavy (non-hydrogen) atoms. The van der Waals surface area contributed by atoms with Crippen molar-refractivity contribution >= 4 is 0 Å². The largest absolute Gasteiger partial charge is 0.314 e. The average Bonchev–Trinajstić information content (AvgIpc) is 1.91. The topological polar surface area (TPSA) is 15.3 Å². The number of piperazine rings is 1. The molecule has 1 rings (SSSR count). The number of nitrogens with one attached hydrogen (secondary N) is 1. The molecule has 1 heterocycles. The number of nitrogens with zero attached hydrogens (tertiary/aromatic N) is 1. The molecule has 0 bridgehead atoms. The Morgan fingerprint density at radius 3 is 2.67 bits per heavy atom. The van der Waals surface area contributed by atoms with Gasteiger partial charge in [0.25, 0.3) is 0 Å². The van der Waals surface area contributed by atoms with E-state index >= 15 is 0 Å². The Hall–Kier alpha value is -0.0800. The summed E-state index contributed by atoms with van der Waals surface area (Å²) in [4.78, 5) is 2.45. The van der Waals surface area contributed by atoms with Crippen LogP contribution in [-0.2, 0) is 0 Å². The van der Waals surface area contributed by atoms with Crippen molar-refractivity contribution in [3.8, 4) is 0 Å². The highest BCUT2D eigenvalue weighted by atomic mass is 15.2. The zero-order valence-electron chi connectivity index (χ0n) is 6.06. The lowest BCUT2D eigenvalue weighted by Crippen LogP contribution is -2.43. The lowest BCUT2D eigenvalue weighted by Gasteiger charge is -2.26. The fraction of sp³-hybridized carbons (Fsp3) is 0.857. The summed E-state index contributed by atoms with van der Waals surface area (Å²) < 4.78 is 0. The van der Waals surface area contributed by atoms with Gasteiger partial charge in [0.15, 0.2) is 0 Å². The third kappa shape index (κ3) is 2.33. The van der Waals surface area contributed by atoms with Crippen LogP contribution in [0.4, 0.5) is 0 Å². The smallest absolute Gasteiger partial charge is 0.0107 e. The zero-order valence-corrected chi connectivity index (χ0v) is 6.06. The van der Waals surface area contributed by atoms with Crippen molar-refractivity contribution in [2.45, 2.75) is 6.92 Å². The monoisotopic (exact) mass is 127 g/mol.